The quantitative estimate of drug-likeness (QED) is 0.735. The fraction of sp³-hybridized carbons (Fsp3) is 0.867. The van der Waals surface area contributed by atoms with Gasteiger partial charge in [-0.1, -0.05) is 6.92 Å². The van der Waals surface area contributed by atoms with Crippen molar-refractivity contribution in [3.8, 4) is 0 Å². The molecule has 1 saturated heterocycles. The number of carbonyl (C=O) groups is 2. The minimum atomic E-state index is -0.621. The molecule has 0 aromatic rings. The lowest BCUT2D eigenvalue weighted by Crippen LogP contribution is -2.43. The number of aliphatic hydroxyl groups is 1. The van der Waals surface area contributed by atoms with E-state index in [1.165, 1.54) is 4.90 Å². The van der Waals surface area contributed by atoms with E-state index in [0.717, 1.165) is 25.8 Å². The van der Waals surface area contributed by atoms with Crippen molar-refractivity contribution >= 4 is 11.8 Å². The topological polar surface area (TPSA) is 72.9 Å². The Morgan fingerprint density at radius 3 is 2.71 bits per heavy atom. The maximum atomic E-state index is 12.1. The van der Waals surface area contributed by atoms with Crippen LogP contribution in [0.25, 0.3) is 0 Å². The molecule has 0 radical (unpaired) electrons. The van der Waals surface area contributed by atoms with Gasteiger partial charge in [0.05, 0.1) is 18.7 Å². The van der Waals surface area contributed by atoms with E-state index in [0.29, 0.717) is 26.1 Å². The zero-order chi connectivity index (χ0) is 15.9. The molecular formula is C15H29N3O3. The first-order valence-corrected chi connectivity index (χ1v) is 7.79. The van der Waals surface area contributed by atoms with Crippen molar-refractivity contribution < 1.29 is 14.7 Å². The SMILES string of the molecule is CCCNC(=O)CN(C)C(=O)CN1CCCC(C)(O)CC1. The summed E-state index contributed by atoms with van der Waals surface area (Å²) in [5, 5.41) is 12.8. The van der Waals surface area contributed by atoms with Crippen molar-refractivity contribution in [2.45, 2.75) is 45.1 Å². The average molecular weight is 299 g/mol. The molecule has 0 aromatic carbocycles. The lowest BCUT2D eigenvalue weighted by molar-refractivity contribution is -0.135. The third-order valence-corrected chi connectivity index (χ3v) is 3.89. The third kappa shape index (κ3) is 6.91. The van der Waals surface area contributed by atoms with Gasteiger partial charge < -0.3 is 15.3 Å². The number of rotatable bonds is 6. The van der Waals surface area contributed by atoms with Crippen LogP contribution >= 0.6 is 0 Å². The van der Waals surface area contributed by atoms with E-state index in [1.807, 2.05) is 13.8 Å². The molecule has 0 aliphatic carbocycles. The molecule has 1 unspecified atom stereocenters. The first kappa shape index (κ1) is 17.9. The largest absolute Gasteiger partial charge is 0.390 e. The predicted octanol–water partition coefficient (Wildman–Crippen LogP) is 0.208. The molecule has 2 amide bonds. The monoisotopic (exact) mass is 299 g/mol. The molecule has 0 bridgehead atoms. The molecule has 1 aliphatic heterocycles. The van der Waals surface area contributed by atoms with Crippen LogP contribution in [0, 0.1) is 0 Å². The molecule has 0 spiro atoms. The van der Waals surface area contributed by atoms with Crippen LogP contribution in [0.5, 0.6) is 0 Å². The second-order valence-corrected chi connectivity index (χ2v) is 6.23. The minimum absolute atomic E-state index is 0.0526. The van der Waals surface area contributed by atoms with Crippen LogP contribution in [0.2, 0.25) is 0 Å². The first-order valence-electron chi connectivity index (χ1n) is 7.79. The van der Waals surface area contributed by atoms with Crippen molar-refractivity contribution in [2.24, 2.45) is 0 Å². The van der Waals surface area contributed by atoms with E-state index in [1.54, 1.807) is 7.05 Å². The summed E-state index contributed by atoms with van der Waals surface area (Å²) in [4.78, 5) is 27.3. The van der Waals surface area contributed by atoms with Gasteiger partial charge in [-0.3, -0.25) is 14.5 Å². The van der Waals surface area contributed by atoms with Gasteiger partial charge in [-0.2, -0.15) is 0 Å². The Bertz CT molecular complexity index is 358. The van der Waals surface area contributed by atoms with E-state index in [-0.39, 0.29) is 18.4 Å². The number of likely N-dealkylation sites (tertiary alicyclic amines) is 1. The number of hydrogen-bond acceptors (Lipinski definition) is 4. The van der Waals surface area contributed by atoms with Crippen molar-refractivity contribution in [2.75, 3.05) is 39.8 Å². The summed E-state index contributed by atoms with van der Waals surface area (Å²) in [5.74, 6) is -0.172. The molecule has 6 heteroatoms. The lowest BCUT2D eigenvalue weighted by Gasteiger charge is -2.24. The van der Waals surface area contributed by atoms with Crippen molar-refractivity contribution in [3.05, 3.63) is 0 Å². The van der Waals surface area contributed by atoms with Gasteiger partial charge >= 0.3 is 0 Å². The summed E-state index contributed by atoms with van der Waals surface area (Å²) in [6.07, 6.45) is 3.23. The van der Waals surface area contributed by atoms with Crippen LogP contribution in [0.4, 0.5) is 0 Å². The second-order valence-electron chi connectivity index (χ2n) is 6.23. The number of likely N-dealkylation sites (N-methyl/N-ethyl adjacent to an activating group) is 1. The highest BCUT2D eigenvalue weighted by atomic mass is 16.3. The molecule has 1 heterocycles. The molecule has 1 fully saturated rings. The Morgan fingerprint density at radius 1 is 1.33 bits per heavy atom. The Balaban J connectivity index is 2.36. The van der Waals surface area contributed by atoms with Gasteiger partial charge in [0.2, 0.25) is 11.8 Å². The van der Waals surface area contributed by atoms with Gasteiger partial charge in [0.25, 0.3) is 0 Å². The Labute approximate surface area is 127 Å². The van der Waals surface area contributed by atoms with Crippen LogP contribution in [0.1, 0.15) is 39.5 Å². The molecule has 122 valence electrons. The van der Waals surface area contributed by atoms with Crippen LogP contribution in [-0.2, 0) is 9.59 Å². The van der Waals surface area contributed by atoms with Gasteiger partial charge in [0.1, 0.15) is 0 Å². The molecule has 2 N–H and O–H groups in total. The summed E-state index contributed by atoms with van der Waals surface area (Å²) in [7, 11) is 1.65. The van der Waals surface area contributed by atoms with Gasteiger partial charge in [0.15, 0.2) is 0 Å². The van der Waals surface area contributed by atoms with E-state index in [4.69, 9.17) is 0 Å². The van der Waals surface area contributed by atoms with E-state index in [9.17, 15) is 14.7 Å². The Hall–Kier alpha value is -1.14. The van der Waals surface area contributed by atoms with E-state index in [2.05, 4.69) is 10.2 Å². The van der Waals surface area contributed by atoms with Gasteiger partial charge in [0, 0.05) is 20.1 Å². The van der Waals surface area contributed by atoms with E-state index >= 15 is 0 Å². The standard InChI is InChI=1S/C15H29N3O3/c1-4-8-16-13(19)11-17(3)14(20)12-18-9-5-6-15(2,21)7-10-18/h21H,4-12H2,1-3H3,(H,16,19). The van der Waals surface area contributed by atoms with E-state index < -0.39 is 5.60 Å². The number of nitrogens with zero attached hydrogens (tertiary/aromatic N) is 2. The zero-order valence-corrected chi connectivity index (χ0v) is 13.5. The fourth-order valence-corrected chi connectivity index (χ4v) is 2.41. The highest BCUT2D eigenvalue weighted by Gasteiger charge is 2.26. The summed E-state index contributed by atoms with van der Waals surface area (Å²) in [5.41, 5.74) is -0.621. The van der Waals surface area contributed by atoms with Crippen molar-refractivity contribution in [3.63, 3.8) is 0 Å². The summed E-state index contributed by atoms with van der Waals surface area (Å²) in [6.45, 7) is 6.43. The fourth-order valence-electron chi connectivity index (χ4n) is 2.41. The third-order valence-electron chi connectivity index (χ3n) is 3.89. The molecule has 1 rings (SSSR count). The normalized spacial score (nSPS) is 23.4. The van der Waals surface area contributed by atoms with Crippen LogP contribution in [0.3, 0.4) is 0 Å². The Morgan fingerprint density at radius 2 is 2.05 bits per heavy atom. The second kappa shape index (κ2) is 8.34. The van der Waals surface area contributed by atoms with Crippen molar-refractivity contribution in [1.29, 1.82) is 0 Å². The van der Waals surface area contributed by atoms with Gasteiger partial charge in [-0.05, 0) is 39.2 Å². The maximum absolute atomic E-state index is 12.1. The van der Waals surface area contributed by atoms with Gasteiger partial charge in [-0.15, -0.1) is 0 Å². The average Bonchev–Trinajstić information content (AvgIpc) is 2.57. The summed E-state index contributed by atoms with van der Waals surface area (Å²) in [6, 6.07) is 0. The summed E-state index contributed by atoms with van der Waals surface area (Å²) < 4.78 is 0. The molecule has 0 saturated carbocycles. The van der Waals surface area contributed by atoms with Crippen LogP contribution < -0.4 is 5.32 Å². The molecule has 21 heavy (non-hydrogen) atoms. The highest BCUT2D eigenvalue weighted by molar-refractivity contribution is 5.85. The number of carbonyl (C=O) groups excluding carboxylic acids is 2. The predicted molar refractivity (Wildman–Crippen MR) is 81.9 cm³/mol. The smallest absolute Gasteiger partial charge is 0.239 e. The summed E-state index contributed by atoms with van der Waals surface area (Å²) >= 11 is 0. The number of amides is 2. The lowest BCUT2D eigenvalue weighted by atomic mass is 9.98. The minimum Gasteiger partial charge on any atom is -0.390 e. The van der Waals surface area contributed by atoms with Gasteiger partial charge in [-0.25, -0.2) is 0 Å². The maximum Gasteiger partial charge on any atom is 0.239 e. The first-order chi connectivity index (χ1) is 9.84. The molecule has 0 aromatic heterocycles. The van der Waals surface area contributed by atoms with Crippen molar-refractivity contribution in [1.82, 2.24) is 15.1 Å². The molecule has 1 atom stereocenters. The van der Waals surface area contributed by atoms with Crippen LogP contribution in [0.15, 0.2) is 0 Å². The highest BCUT2D eigenvalue weighted by Crippen LogP contribution is 2.21. The van der Waals surface area contributed by atoms with Crippen LogP contribution in [-0.4, -0.2) is 72.1 Å². The zero-order valence-electron chi connectivity index (χ0n) is 13.5. The molecular weight excluding hydrogens is 270 g/mol. The molecule has 1 aliphatic rings. The molecule has 6 nitrogen and oxygen atoms in total. The Kier molecular flexibility index (Phi) is 7.11. The number of nitrogens with one attached hydrogen (secondary N) is 1. The number of hydrogen-bond donors (Lipinski definition) is 2.